The lowest BCUT2D eigenvalue weighted by molar-refractivity contribution is -0.121. The molecule has 7 nitrogen and oxygen atoms in total. The van der Waals surface area contributed by atoms with E-state index in [1.54, 1.807) is 84.9 Å². The van der Waals surface area contributed by atoms with E-state index in [2.05, 4.69) is 26.6 Å². The van der Waals surface area contributed by atoms with E-state index < -0.39 is 22.9 Å². The third-order valence-corrected chi connectivity index (χ3v) is 8.04. The first kappa shape index (κ1) is 29.0. The van der Waals surface area contributed by atoms with Crippen LogP contribution in [0.15, 0.2) is 118 Å². The third kappa shape index (κ3) is 6.84. The maximum atomic E-state index is 14.4. The fourth-order valence-corrected chi connectivity index (χ4v) is 5.55. The van der Waals surface area contributed by atoms with Gasteiger partial charge in [-0.25, -0.2) is 9.29 Å². The molecule has 0 spiro atoms. The number of nitrogens with one attached hydrogen (secondary N) is 2. The van der Waals surface area contributed by atoms with Crippen LogP contribution in [0.5, 0.6) is 0 Å². The molecular weight excluding hydrogens is 621 g/mol. The quantitative estimate of drug-likeness (QED) is 0.171. The average molecular weight is 645 g/mol. The minimum absolute atomic E-state index is 0.0728. The minimum Gasteiger partial charge on any atom is -0.321 e. The predicted octanol–water partition coefficient (Wildman–Crippen LogP) is 6.42. The molecule has 1 fully saturated rings. The van der Waals surface area contributed by atoms with Crippen LogP contribution in [0, 0.1) is 5.82 Å². The molecule has 5 rings (SSSR count). The fraction of sp³-hybridized carbons (Fsp3) is 0.0625. The van der Waals surface area contributed by atoms with E-state index in [-0.39, 0.29) is 29.5 Å². The van der Waals surface area contributed by atoms with Gasteiger partial charge in [-0.3, -0.25) is 19.2 Å². The average Bonchev–Trinajstić information content (AvgIpc) is 3.27. The van der Waals surface area contributed by atoms with Gasteiger partial charge < -0.3 is 10.6 Å². The SMILES string of the molecule is O=C(Nc1ccc(SC2CC(=O)N(c3ccc(Br)cc3)C2=O)cc1)/C(=C/c1ccccc1F)NC(=O)c1ccccc1. The number of thioether (sulfide) groups is 1. The van der Waals surface area contributed by atoms with E-state index >= 15 is 0 Å². The number of halogens is 2. The first-order chi connectivity index (χ1) is 20.3. The van der Waals surface area contributed by atoms with Crippen molar-refractivity contribution in [3.63, 3.8) is 0 Å². The van der Waals surface area contributed by atoms with Gasteiger partial charge in [-0.1, -0.05) is 52.3 Å². The summed E-state index contributed by atoms with van der Waals surface area (Å²) in [5.74, 6) is -2.27. The second-order valence-corrected chi connectivity index (χ2v) is 11.4. The molecule has 0 saturated carbocycles. The van der Waals surface area contributed by atoms with Crippen LogP contribution in [0.25, 0.3) is 6.08 Å². The van der Waals surface area contributed by atoms with Crippen molar-refractivity contribution in [1.29, 1.82) is 0 Å². The highest BCUT2D eigenvalue weighted by Gasteiger charge is 2.40. The van der Waals surface area contributed by atoms with Gasteiger partial charge >= 0.3 is 0 Å². The molecule has 1 aliphatic heterocycles. The maximum absolute atomic E-state index is 14.4. The molecule has 1 aliphatic rings. The molecule has 4 aromatic carbocycles. The van der Waals surface area contributed by atoms with E-state index in [0.717, 1.165) is 9.37 Å². The number of carbonyl (C=O) groups excluding carboxylic acids is 4. The Kier molecular flexibility index (Phi) is 8.94. The molecule has 1 atom stereocenters. The van der Waals surface area contributed by atoms with E-state index in [9.17, 15) is 23.6 Å². The molecule has 0 aliphatic carbocycles. The van der Waals surface area contributed by atoms with Crippen molar-refractivity contribution < 1.29 is 23.6 Å². The summed E-state index contributed by atoms with van der Waals surface area (Å²) in [4.78, 5) is 53.5. The summed E-state index contributed by atoms with van der Waals surface area (Å²) in [5, 5.41) is 4.72. The molecule has 0 bridgehead atoms. The highest BCUT2D eigenvalue weighted by atomic mass is 79.9. The Labute approximate surface area is 253 Å². The van der Waals surface area contributed by atoms with Crippen molar-refractivity contribution in [2.75, 3.05) is 10.2 Å². The summed E-state index contributed by atoms with van der Waals surface area (Å²) in [5.41, 5.74) is 1.27. The standard InChI is InChI=1S/C32H23BrFN3O4S/c33-22-10-14-24(15-11-22)37-29(38)19-28(32(37)41)42-25-16-12-23(13-17-25)35-31(40)27(18-21-8-4-5-9-26(21)34)36-30(39)20-6-2-1-3-7-20/h1-18,28H,19H2,(H,35,40)(H,36,39)/b27-18-. The monoisotopic (exact) mass is 643 g/mol. The number of benzene rings is 4. The molecule has 0 radical (unpaired) electrons. The Morgan fingerprint density at radius 1 is 0.881 bits per heavy atom. The second kappa shape index (κ2) is 13.0. The van der Waals surface area contributed by atoms with Crippen LogP contribution >= 0.6 is 27.7 Å². The third-order valence-electron chi connectivity index (χ3n) is 6.31. The number of rotatable bonds is 8. The summed E-state index contributed by atoms with van der Waals surface area (Å²) in [6.45, 7) is 0. The summed E-state index contributed by atoms with van der Waals surface area (Å²) >= 11 is 4.61. The molecule has 2 N–H and O–H groups in total. The highest BCUT2D eigenvalue weighted by Crippen LogP contribution is 2.34. The summed E-state index contributed by atoms with van der Waals surface area (Å²) in [6.07, 6.45) is 1.35. The molecule has 4 amide bonds. The van der Waals surface area contributed by atoms with Crippen molar-refractivity contribution >= 4 is 68.8 Å². The molecule has 1 unspecified atom stereocenters. The van der Waals surface area contributed by atoms with Gasteiger partial charge in [0.25, 0.3) is 11.8 Å². The Balaban J connectivity index is 1.28. The van der Waals surface area contributed by atoms with Crippen LogP contribution in [0.3, 0.4) is 0 Å². The first-order valence-corrected chi connectivity index (χ1v) is 14.5. The molecular formula is C32H23BrFN3O4S. The maximum Gasteiger partial charge on any atom is 0.272 e. The number of amides is 4. The van der Waals surface area contributed by atoms with Gasteiger partial charge in [0.15, 0.2) is 0 Å². The van der Waals surface area contributed by atoms with Crippen LogP contribution in [0.2, 0.25) is 0 Å². The molecule has 1 saturated heterocycles. The largest absolute Gasteiger partial charge is 0.321 e. The Hall–Kier alpha value is -4.54. The van der Waals surface area contributed by atoms with Crippen LogP contribution in [-0.2, 0) is 14.4 Å². The predicted molar refractivity (Wildman–Crippen MR) is 164 cm³/mol. The Morgan fingerprint density at radius 3 is 2.24 bits per heavy atom. The topological polar surface area (TPSA) is 95.6 Å². The van der Waals surface area contributed by atoms with Gasteiger partial charge in [-0.05, 0) is 72.8 Å². The number of nitrogens with zero attached hydrogens (tertiary/aromatic N) is 1. The lowest BCUT2D eigenvalue weighted by atomic mass is 10.1. The van der Waals surface area contributed by atoms with Crippen LogP contribution in [0.4, 0.5) is 15.8 Å². The zero-order valence-electron chi connectivity index (χ0n) is 21.9. The van der Waals surface area contributed by atoms with Crippen molar-refractivity contribution in [2.45, 2.75) is 16.6 Å². The zero-order valence-corrected chi connectivity index (χ0v) is 24.3. The van der Waals surface area contributed by atoms with Crippen LogP contribution in [0.1, 0.15) is 22.3 Å². The molecule has 42 heavy (non-hydrogen) atoms. The Morgan fingerprint density at radius 2 is 1.55 bits per heavy atom. The Bertz CT molecular complexity index is 1680. The molecule has 210 valence electrons. The first-order valence-electron chi connectivity index (χ1n) is 12.8. The van der Waals surface area contributed by atoms with E-state index in [0.29, 0.717) is 16.9 Å². The van der Waals surface area contributed by atoms with Crippen molar-refractivity contribution in [3.8, 4) is 0 Å². The lowest BCUT2D eigenvalue weighted by Gasteiger charge is -2.15. The van der Waals surface area contributed by atoms with Gasteiger partial charge in [0.1, 0.15) is 11.5 Å². The van der Waals surface area contributed by atoms with E-state index in [4.69, 9.17) is 0 Å². The van der Waals surface area contributed by atoms with Crippen molar-refractivity contribution in [2.24, 2.45) is 0 Å². The van der Waals surface area contributed by atoms with Crippen molar-refractivity contribution in [1.82, 2.24) is 5.32 Å². The summed E-state index contributed by atoms with van der Waals surface area (Å²) in [6, 6.07) is 28.0. The van der Waals surface area contributed by atoms with Crippen LogP contribution in [-0.4, -0.2) is 28.9 Å². The highest BCUT2D eigenvalue weighted by molar-refractivity contribution is 9.10. The van der Waals surface area contributed by atoms with Crippen molar-refractivity contribution in [3.05, 3.63) is 130 Å². The smallest absolute Gasteiger partial charge is 0.272 e. The number of hydrogen-bond donors (Lipinski definition) is 2. The molecule has 4 aromatic rings. The van der Waals surface area contributed by atoms with Gasteiger partial charge in [0.2, 0.25) is 11.8 Å². The number of carbonyl (C=O) groups is 4. The van der Waals surface area contributed by atoms with Gasteiger partial charge in [0, 0.05) is 32.6 Å². The molecule has 0 aromatic heterocycles. The van der Waals surface area contributed by atoms with Gasteiger partial charge in [0.05, 0.1) is 10.9 Å². The summed E-state index contributed by atoms with van der Waals surface area (Å²) < 4.78 is 15.2. The summed E-state index contributed by atoms with van der Waals surface area (Å²) in [7, 11) is 0. The van der Waals surface area contributed by atoms with Crippen LogP contribution < -0.4 is 15.5 Å². The molecule has 1 heterocycles. The van der Waals surface area contributed by atoms with Gasteiger partial charge in [-0.2, -0.15) is 0 Å². The number of hydrogen-bond acceptors (Lipinski definition) is 5. The lowest BCUT2D eigenvalue weighted by Crippen LogP contribution is -2.31. The van der Waals surface area contributed by atoms with E-state index in [1.807, 2.05) is 0 Å². The fourth-order valence-electron chi connectivity index (χ4n) is 4.23. The normalized spacial score (nSPS) is 15.0. The minimum atomic E-state index is -0.648. The zero-order chi connectivity index (χ0) is 29.6. The second-order valence-electron chi connectivity index (χ2n) is 9.23. The number of anilines is 2. The van der Waals surface area contributed by atoms with Gasteiger partial charge in [-0.15, -0.1) is 11.8 Å². The van der Waals surface area contributed by atoms with E-state index in [1.165, 1.54) is 40.9 Å². The number of imide groups is 1. The molecule has 10 heteroatoms.